The van der Waals surface area contributed by atoms with Crippen LogP contribution in [0.3, 0.4) is 0 Å². The molecule has 0 amide bonds. The summed E-state index contributed by atoms with van der Waals surface area (Å²) in [6.45, 7) is 3.87. The summed E-state index contributed by atoms with van der Waals surface area (Å²) in [4.78, 5) is 11.3. The molecule has 1 aromatic carbocycles. The van der Waals surface area contributed by atoms with E-state index in [9.17, 15) is 4.79 Å². The highest BCUT2D eigenvalue weighted by molar-refractivity contribution is 5.69. The first-order valence-corrected chi connectivity index (χ1v) is 6.03. The first kappa shape index (κ1) is 12.0. The average molecular weight is 234 g/mol. The van der Waals surface area contributed by atoms with E-state index in [4.69, 9.17) is 9.47 Å². The van der Waals surface area contributed by atoms with Gasteiger partial charge in [0.2, 0.25) is 0 Å². The molecule has 0 aliphatic heterocycles. The molecule has 0 fully saturated rings. The van der Waals surface area contributed by atoms with Crippen molar-refractivity contribution in [2.24, 2.45) is 0 Å². The zero-order chi connectivity index (χ0) is 12.4. The van der Waals surface area contributed by atoms with Gasteiger partial charge in [-0.3, -0.25) is 4.79 Å². The Hall–Kier alpha value is -1.51. The zero-order valence-corrected chi connectivity index (χ0v) is 10.6. The van der Waals surface area contributed by atoms with Gasteiger partial charge in [0, 0.05) is 6.42 Å². The molecule has 0 saturated heterocycles. The van der Waals surface area contributed by atoms with E-state index in [0.717, 1.165) is 24.2 Å². The molecule has 0 radical (unpaired) electrons. The molecule has 0 aromatic heterocycles. The second-order valence-electron chi connectivity index (χ2n) is 4.33. The van der Waals surface area contributed by atoms with Crippen LogP contribution in [0.2, 0.25) is 0 Å². The van der Waals surface area contributed by atoms with Crippen molar-refractivity contribution in [3.8, 4) is 5.75 Å². The molecule has 17 heavy (non-hydrogen) atoms. The second-order valence-corrected chi connectivity index (χ2v) is 4.33. The fourth-order valence-electron chi connectivity index (χ4n) is 2.41. The summed E-state index contributed by atoms with van der Waals surface area (Å²) in [5.41, 5.74) is 3.59. The standard InChI is InChI=1S/C14H18O3/c1-4-14(15)17-13-8-5-10-9(2)12(16-3)7-6-11(10)13/h6-7,13H,4-5,8H2,1-3H3/t13-/m1/s1. The van der Waals surface area contributed by atoms with Gasteiger partial charge in [0.1, 0.15) is 11.9 Å². The number of benzene rings is 1. The Morgan fingerprint density at radius 2 is 2.24 bits per heavy atom. The van der Waals surface area contributed by atoms with E-state index in [2.05, 4.69) is 6.92 Å². The van der Waals surface area contributed by atoms with Gasteiger partial charge < -0.3 is 9.47 Å². The SMILES string of the molecule is CCC(=O)O[C@@H]1CCc2c1ccc(OC)c2C. The molecule has 3 heteroatoms. The number of rotatable bonds is 3. The molecule has 2 rings (SSSR count). The lowest BCUT2D eigenvalue weighted by Gasteiger charge is -2.14. The third-order valence-corrected chi connectivity index (χ3v) is 3.37. The van der Waals surface area contributed by atoms with Gasteiger partial charge in [-0.1, -0.05) is 13.0 Å². The minimum absolute atomic E-state index is 0.0675. The number of hydrogen-bond acceptors (Lipinski definition) is 3. The van der Waals surface area contributed by atoms with Gasteiger partial charge in [-0.15, -0.1) is 0 Å². The number of fused-ring (bicyclic) bond motifs is 1. The van der Waals surface area contributed by atoms with Gasteiger partial charge in [0.25, 0.3) is 0 Å². The normalized spacial score (nSPS) is 17.7. The number of esters is 1. The van der Waals surface area contributed by atoms with Crippen LogP contribution in [-0.2, 0) is 16.0 Å². The predicted molar refractivity (Wildman–Crippen MR) is 65.2 cm³/mol. The Balaban J connectivity index is 2.27. The third kappa shape index (κ3) is 2.14. The highest BCUT2D eigenvalue weighted by Crippen LogP contribution is 2.38. The van der Waals surface area contributed by atoms with Crippen LogP contribution >= 0.6 is 0 Å². The van der Waals surface area contributed by atoms with Crippen LogP contribution < -0.4 is 4.74 Å². The highest BCUT2D eigenvalue weighted by atomic mass is 16.5. The summed E-state index contributed by atoms with van der Waals surface area (Å²) in [6.07, 6.45) is 2.21. The Bertz CT molecular complexity index is 437. The lowest BCUT2D eigenvalue weighted by molar-refractivity contribution is -0.148. The maximum atomic E-state index is 11.3. The lowest BCUT2D eigenvalue weighted by atomic mass is 10.0. The van der Waals surface area contributed by atoms with Crippen molar-refractivity contribution in [2.45, 2.75) is 39.2 Å². The van der Waals surface area contributed by atoms with Crippen LogP contribution in [0, 0.1) is 6.92 Å². The van der Waals surface area contributed by atoms with Gasteiger partial charge in [-0.25, -0.2) is 0 Å². The molecule has 1 aliphatic carbocycles. The van der Waals surface area contributed by atoms with E-state index < -0.39 is 0 Å². The summed E-state index contributed by atoms with van der Waals surface area (Å²) in [6, 6.07) is 3.97. The molecular formula is C14H18O3. The number of ether oxygens (including phenoxy) is 2. The monoisotopic (exact) mass is 234 g/mol. The van der Waals surface area contributed by atoms with Gasteiger partial charge in [-0.2, -0.15) is 0 Å². The highest BCUT2D eigenvalue weighted by Gasteiger charge is 2.27. The molecule has 0 bridgehead atoms. The lowest BCUT2D eigenvalue weighted by Crippen LogP contribution is -2.07. The van der Waals surface area contributed by atoms with Crippen LogP contribution in [0.4, 0.5) is 0 Å². The molecule has 0 heterocycles. The number of methoxy groups -OCH3 is 1. The van der Waals surface area contributed by atoms with Crippen molar-refractivity contribution in [1.29, 1.82) is 0 Å². The predicted octanol–water partition coefficient (Wildman–Crippen LogP) is 2.94. The molecule has 1 atom stereocenters. The zero-order valence-electron chi connectivity index (χ0n) is 10.6. The van der Waals surface area contributed by atoms with E-state index >= 15 is 0 Å². The van der Waals surface area contributed by atoms with Gasteiger partial charge in [-0.05, 0) is 42.5 Å². The number of carbonyl (C=O) groups excluding carboxylic acids is 1. The van der Waals surface area contributed by atoms with Crippen LogP contribution in [0.15, 0.2) is 12.1 Å². The maximum Gasteiger partial charge on any atom is 0.306 e. The van der Waals surface area contributed by atoms with E-state index in [1.807, 2.05) is 19.1 Å². The van der Waals surface area contributed by atoms with Gasteiger partial charge in [0.05, 0.1) is 7.11 Å². The van der Waals surface area contributed by atoms with Crippen LogP contribution in [0.5, 0.6) is 5.75 Å². The fraction of sp³-hybridized carbons (Fsp3) is 0.500. The second kappa shape index (κ2) is 4.78. The van der Waals surface area contributed by atoms with Crippen molar-refractivity contribution in [3.63, 3.8) is 0 Å². The summed E-state index contributed by atoms with van der Waals surface area (Å²) in [5.74, 6) is 0.780. The molecular weight excluding hydrogens is 216 g/mol. The minimum atomic E-state index is -0.128. The van der Waals surface area contributed by atoms with Crippen LogP contribution in [-0.4, -0.2) is 13.1 Å². The molecule has 0 unspecified atom stereocenters. The Kier molecular flexibility index (Phi) is 3.36. The Morgan fingerprint density at radius 3 is 2.88 bits per heavy atom. The number of hydrogen-bond donors (Lipinski definition) is 0. The first-order chi connectivity index (χ1) is 8.17. The fourth-order valence-corrected chi connectivity index (χ4v) is 2.41. The Labute approximate surface area is 102 Å². The van der Waals surface area contributed by atoms with Gasteiger partial charge in [0.15, 0.2) is 0 Å². The summed E-state index contributed by atoms with van der Waals surface area (Å²) >= 11 is 0. The van der Waals surface area contributed by atoms with Crippen molar-refractivity contribution in [3.05, 3.63) is 28.8 Å². The molecule has 92 valence electrons. The Morgan fingerprint density at radius 1 is 1.47 bits per heavy atom. The molecule has 1 aliphatic rings. The molecule has 3 nitrogen and oxygen atoms in total. The van der Waals surface area contributed by atoms with Crippen LogP contribution in [0.25, 0.3) is 0 Å². The molecule has 0 saturated carbocycles. The maximum absolute atomic E-state index is 11.3. The van der Waals surface area contributed by atoms with E-state index in [1.54, 1.807) is 7.11 Å². The van der Waals surface area contributed by atoms with Crippen molar-refractivity contribution < 1.29 is 14.3 Å². The summed E-state index contributed by atoms with van der Waals surface area (Å²) in [7, 11) is 1.68. The summed E-state index contributed by atoms with van der Waals surface area (Å²) < 4.78 is 10.7. The smallest absolute Gasteiger partial charge is 0.306 e. The minimum Gasteiger partial charge on any atom is -0.496 e. The van der Waals surface area contributed by atoms with E-state index in [0.29, 0.717) is 6.42 Å². The average Bonchev–Trinajstić information content (AvgIpc) is 2.74. The van der Waals surface area contributed by atoms with Gasteiger partial charge >= 0.3 is 5.97 Å². The van der Waals surface area contributed by atoms with Crippen molar-refractivity contribution >= 4 is 5.97 Å². The molecule has 0 N–H and O–H groups in total. The molecule has 1 aromatic rings. The first-order valence-electron chi connectivity index (χ1n) is 6.03. The van der Waals surface area contributed by atoms with E-state index in [-0.39, 0.29) is 12.1 Å². The third-order valence-electron chi connectivity index (χ3n) is 3.37. The van der Waals surface area contributed by atoms with Crippen molar-refractivity contribution in [2.75, 3.05) is 7.11 Å². The van der Waals surface area contributed by atoms with E-state index in [1.165, 1.54) is 11.1 Å². The largest absolute Gasteiger partial charge is 0.496 e. The summed E-state index contributed by atoms with van der Waals surface area (Å²) in [5, 5.41) is 0. The molecule has 0 spiro atoms. The van der Waals surface area contributed by atoms with Crippen molar-refractivity contribution in [1.82, 2.24) is 0 Å². The number of carbonyl (C=O) groups is 1. The topological polar surface area (TPSA) is 35.5 Å². The van der Waals surface area contributed by atoms with Crippen LogP contribution in [0.1, 0.15) is 42.6 Å². The quantitative estimate of drug-likeness (QED) is 0.754.